The van der Waals surface area contributed by atoms with E-state index in [1.165, 1.54) is 0 Å². The second-order valence-corrected chi connectivity index (χ2v) is 8.83. The fourth-order valence-electron chi connectivity index (χ4n) is 4.70. The number of likely N-dealkylation sites (tertiary alicyclic amines) is 1. The first-order valence-electron chi connectivity index (χ1n) is 12.1. The molecular formula is C27H33N3O5. The molecule has 2 aliphatic heterocycles. The molecular weight excluding hydrogens is 446 g/mol. The number of nitrogens with zero attached hydrogens (tertiary/aromatic N) is 3. The van der Waals surface area contributed by atoms with Crippen LogP contribution in [0.5, 0.6) is 11.5 Å². The Morgan fingerprint density at radius 2 is 1.66 bits per heavy atom. The average Bonchev–Trinajstić information content (AvgIpc) is 3.35. The lowest BCUT2D eigenvalue weighted by Crippen LogP contribution is -2.44. The minimum Gasteiger partial charge on any atom is -0.497 e. The molecule has 8 heteroatoms. The van der Waals surface area contributed by atoms with Crippen molar-refractivity contribution in [2.45, 2.75) is 32.2 Å². The molecule has 4 rings (SSSR count). The fourth-order valence-corrected chi connectivity index (χ4v) is 4.70. The van der Waals surface area contributed by atoms with Gasteiger partial charge in [0.25, 0.3) is 5.91 Å². The number of esters is 1. The number of piperidine rings is 1. The Bertz CT molecular complexity index is 1050. The Kier molecular flexibility index (Phi) is 8.02. The minimum atomic E-state index is -0.212. The lowest BCUT2D eigenvalue weighted by atomic mass is 9.97. The number of ether oxygens (including phenoxy) is 3. The molecule has 0 N–H and O–H groups in total. The van der Waals surface area contributed by atoms with Crippen LogP contribution in [-0.4, -0.2) is 68.0 Å². The van der Waals surface area contributed by atoms with Crippen molar-refractivity contribution in [3.8, 4) is 11.5 Å². The molecule has 35 heavy (non-hydrogen) atoms. The smallest absolute Gasteiger partial charge is 0.310 e. The normalized spacial score (nSPS) is 20.3. The molecule has 1 amide bonds. The van der Waals surface area contributed by atoms with Crippen LogP contribution in [0.3, 0.4) is 0 Å². The van der Waals surface area contributed by atoms with E-state index in [1.807, 2.05) is 60.4 Å². The number of hydrogen-bond donors (Lipinski definition) is 0. The summed E-state index contributed by atoms with van der Waals surface area (Å²) in [6.07, 6.45) is 2.26. The highest BCUT2D eigenvalue weighted by Gasteiger charge is 2.35. The van der Waals surface area contributed by atoms with E-state index in [-0.39, 0.29) is 30.4 Å². The highest BCUT2D eigenvalue weighted by atomic mass is 16.5. The molecule has 0 radical (unpaired) electrons. The van der Waals surface area contributed by atoms with E-state index < -0.39 is 0 Å². The summed E-state index contributed by atoms with van der Waals surface area (Å²) in [5.41, 5.74) is 2.80. The zero-order valence-electron chi connectivity index (χ0n) is 20.6. The van der Waals surface area contributed by atoms with Crippen molar-refractivity contribution in [3.05, 3.63) is 59.7 Å². The van der Waals surface area contributed by atoms with Crippen molar-refractivity contribution in [2.75, 3.05) is 40.5 Å². The van der Waals surface area contributed by atoms with Crippen molar-refractivity contribution < 1.29 is 23.8 Å². The van der Waals surface area contributed by atoms with Gasteiger partial charge in [0.15, 0.2) is 0 Å². The van der Waals surface area contributed by atoms with Gasteiger partial charge in [0, 0.05) is 13.0 Å². The predicted molar refractivity (Wildman–Crippen MR) is 133 cm³/mol. The highest BCUT2D eigenvalue weighted by molar-refractivity contribution is 6.03. The maximum atomic E-state index is 13.5. The van der Waals surface area contributed by atoms with Crippen molar-refractivity contribution in [3.63, 3.8) is 0 Å². The lowest BCUT2D eigenvalue weighted by Gasteiger charge is -2.32. The lowest BCUT2D eigenvalue weighted by molar-refractivity contribution is -0.150. The van der Waals surface area contributed by atoms with Gasteiger partial charge >= 0.3 is 5.97 Å². The van der Waals surface area contributed by atoms with Crippen LogP contribution in [0.15, 0.2) is 53.6 Å². The number of hydrazone groups is 1. The van der Waals surface area contributed by atoms with Crippen molar-refractivity contribution >= 4 is 17.6 Å². The number of amides is 1. The summed E-state index contributed by atoms with van der Waals surface area (Å²) in [6, 6.07) is 15.3. The molecule has 2 atom stereocenters. The molecule has 2 heterocycles. The summed E-state index contributed by atoms with van der Waals surface area (Å²) in [7, 11) is 3.27. The molecule has 8 nitrogen and oxygen atoms in total. The van der Waals surface area contributed by atoms with Gasteiger partial charge in [-0.05, 0) is 73.8 Å². The van der Waals surface area contributed by atoms with Gasteiger partial charge in [-0.2, -0.15) is 5.10 Å². The monoisotopic (exact) mass is 479 g/mol. The predicted octanol–water partition coefficient (Wildman–Crippen LogP) is 3.66. The van der Waals surface area contributed by atoms with Crippen LogP contribution in [0, 0.1) is 5.92 Å². The molecule has 1 fully saturated rings. The Balaban J connectivity index is 1.54. The molecule has 1 saturated heterocycles. The van der Waals surface area contributed by atoms with E-state index >= 15 is 0 Å². The quantitative estimate of drug-likeness (QED) is 0.538. The van der Waals surface area contributed by atoms with Gasteiger partial charge in [0.1, 0.15) is 11.5 Å². The van der Waals surface area contributed by atoms with Gasteiger partial charge in [0.05, 0.1) is 45.0 Å². The molecule has 0 saturated carbocycles. The maximum Gasteiger partial charge on any atom is 0.310 e. The first-order chi connectivity index (χ1) is 17.0. The first-order valence-corrected chi connectivity index (χ1v) is 12.1. The number of rotatable bonds is 8. The van der Waals surface area contributed by atoms with Crippen LogP contribution in [0.25, 0.3) is 0 Å². The Morgan fingerprint density at radius 3 is 2.29 bits per heavy atom. The summed E-state index contributed by atoms with van der Waals surface area (Å²) < 4.78 is 15.8. The highest BCUT2D eigenvalue weighted by Crippen LogP contribution is 2.34. The summed E-state index contributed by atoms with van der Waals surface area (Å²) in [6.45, 7) is 3.70. The van der Waals surface area contributed by atoms with Gasteiger partial charge in [-0.1, -0.05) is 12.1 Å². The van der Waals surface area contributed by atoms with Gasteiger partial charge in [-0.15, -0.1) is 0 Å². The SMILES string of the molecule is CCOC(=O)[C@@H]1CCCN(CC(=O)N2N=C(c3ccc(OC)cc3)C[C@@H]2c2ccc(OC)cc2)C1. The Hall–Kier alpha value is -3.39. The summed E-state index contributed by atoms with van der Waals surface area (Å²) >= 11 is 0. The minimum absolute atomic E-state index is 0.0844. The van der Waals surface area contributed by atoms with Crippen LogP contribution >= 0.6 is 0 Å². The van der Waals surface area contributed by atoms with Crippen LogP contribution in [0.1, 0.15) is 43.4 Å². The maximum absolute atomic E-state index is 13.5. The average molecular weight is 480 g/mol. The standard InChI is InChI=1S/C27H33N3O5/c1-4-35-27(32)21-6-5-15-29(17-21)18-26(31)30-25(20-9-13-23(34-3)14-10-20)16-24(28-30)19-7-11-22(33-2)12-8-19/h7-14,21,25H,4-6,15-18H2,1-3H3/t21-,25-/m1/s1. The van der Waals surface area contributed by atoms with E-state index in [0.29, 0.717) is 19.6 Å². The van der Waals surface area contributed by atoms with Gasteiger partial charge in [0.2, 0.25) is 0 Å². The van der Waals surface area contributed by atoms with E-state index in [2.05, 4.69) is 0 Å². The largest absolute Gasteiger partial charge is 0.497 e. The molecule has 0 bridgehead atoms. The van der Waals surface area contributed by atoms with E-state index in [4.69, 9.17) is 19.3 Å². The van der Waals surface area contributed by atoms with Crippen molar-refractivity contribution in [1.82, 2.24) is 9.91 Å². The number of hydrogen-bond acceptors (Lipinski definition) is 7. The third-order valence-electron chi connectivity index (χ3n) is 6.57. The van der Waals surface area contributed by atoms with Crippen LogP contribution in [0.4, 0.5) is 0 Å². The first kappa shape index (κ1) is 24.7. The van der Waals surface area contributed by atoms with Gasteiger partial charge in [-0.25, -0.2) is 5.01 Å². The number of carbonyl (C=O) groups is 2. The van der Waals surface area contributed by atoms with Crippen molar-refractivity contribution in [2.24, 2.45) is 11.0 Å². The van der Waals surface area contributed by atoms with Crippen LogP contribution in [0.2, 0.25) is 0 Å². The molecule has 2 aromatic carbocycles. The van der Waals surface area contributed by atoms with E-state index in [9.17, 15) is 9.59 Å². The molecule has 0 aromatic heterocycles. The third kappa shape index (κ3) is 5.82. The molecule has 186 valence electrons. The van der Waals surface area contributed by atoms with Gasteiger partial charge < -0.3 is 14.2 Å². The van der Waals surface area contributed by atoms with Crippen LogP contribution in [-0.2, 0) is 14.3 Å². The fraction of sp³-hybridized carbons (Fsp3) is 0.444. The number of benzene rings is 2. The topological polar surface area (TPSA) is 80.7 Å². The summed E-state index contributed by atoms with van der Waals surface area (Å²) in [4.78, 5) is 27.8. The van der Waals surface area contributed by atoms with Gasteiger partial charge in [-0.3, -0.25) is 14.5 Å². The molecule has 0 unspecified atom stereocenters. The van der Waals surface area contributed by atoms with Crippen molar-refractivity contribution in [1.29, 1.82) is 0 Å². The zero-order valence-corrected chi connectivity index (χ0v) is 20.6. The molecule has 2 aromatic rings. The Morgan fingerprint density at radius 1 is 1.00 bits per heavy atom. The van der Waals surface area contributed by atoms with Crippen LogP contribution < -0.4 is 9.47 Å². The second-order valence-electron chi connectivity index (χ2n) is 8.83. The zero-order chi connectivity index (χ0) is 24.8. The molecule has 2 aliphatic rings. The third-order valence-corrected chi connectivity index (χ3v) is 6.57. The summed E-state index contributed by atoms with van der Waals surface area (Å²) in [5.74, 6) is 1.08. The van der Waals surface area contributed by atoms with E-state index in [1.54, 1.807) is 19.2 Å². The number of carbonyl (C=O) groups excluding carboxylic acids is 2. The molecule has 0 aliphatic carbocycles. The summed E-state index contributed by atoms with van der Waals surface area (Å²) in [5, 5.41) is 6.38. The second kappa shape index (κ2) is 11.4. The Labute approximate surface area is 206 Å². The molecule has 0 spiro atoms. The van der Waals surface area contributed by atoms with E-state index in [0.717, 1.165) is 47.7 Å². The number of methoxy groups -OCH3 is 2.